The van der Waals surface area contributed by atoms with E-state index in [0.717, 1.165) is 0 Å². The molecule has 0 fully saturated rings. The Balaban J connectivity index is 1.92. The van der Waals surface area contributed by atoms with Crippen molar-refractivity contribution >= 4 is 63.0 Å². The van der Waals surface area contributed by atoms with Gasteiger partial charge in [-0.3, -0.25) is 4.79 Å². The number of hydrogen-bond donors (Lipinski definition) is 2. The minimum atomic E-state index is -0.206. The van der Waals surface area contributed by atoms with Crippen molar-refractivity contribution in [3.8, 4) is 0 Å². The maximum Gasteiger partial charge on any atom is 0.234 e. The van der Waals surface area contributed by atoms with Crippen LogP contribution in [0.4, 0.5) is 10.8 Å². The Morgan fingerprint density at radius 3 is 2.89 bits per heavy atom. The predicted octanol–water partition coefficient (Wildman–Crippen LogP) is 3.16. The third-order valence-corrected chi connectivity index (χ3v) is 4.68. The van der Waals surface area contributed by atoms with E-state index in [4.69, 9.17) is 28.9 Å². The van der Waals surface area contributed by atoms with Crippen molar-refractivity contribution in [1.29, 1.82) is 0 Å². The molecule has 0 saturated heterocycles. The quantitative estimate of drug-likeness (QED) is 0.839. The molecular weight excluding hydrogens is 327 g/mol. The summed E-state index contributed by atoms with van der Waals surface area (Å²) in [5.74, 6) is -0.0137. The lowest BCUT2D eigenvalue weighted by Gasteiger charge is -2.07. The van der Waals surface area contributed by atoms with Gasteiger partial charge in [-0.25, -0.2) is 0 Å². The molecule has 0 spiro atoms. The molecule has 0 aliphatic rings. The van der Waals surface area contributed by atoms with Crippen molar-refractivity contribution < 1.29 is 4.79 Å². The molecule has 5 nitrogen and oxygen atoms in total. The van der Waals surface area contributed by atoms with E-state index in [0.29, 0.717) is 25.2 Å². The highest BCUT2D eigenvalue weighted by molar-refractivity contribution is 8.01. The Morgan fingerprint density at radius 1 is 1.42 bits per heavy atom. The molecule has 1 aromatic heterocycles. The monoisotopic (exact) mass is 334 g/mol. The standard InChI is InChI=1S/C10H8Cl2N4OS2/c11-5-2-1-3-6(8(5)12)14-7(17)4-18-10-16-15-9(13)19-10/h1-3H,4H2,(H2,13,15)(H,14,17). The van der Waals surface area contributed by atoms with Crippen LogP contribution in [0.1, 0.15) is 0 Å². The minimum Gasteiger partial charge on any atom is -0.374 e. The minimum absolute atomic E-state index is 0.192. The zero-order valence-corrected chi connectivity index (χ0v) is 12.5. The second kappa shape index (κ2) is 6.42. The zero-order chi connectivity index (χ0) is 13.8. The van der Waals surface area contributed by atoms with E-state index in [-0.39, 0.29) is 11.7 Å². The second-order valence-corrected chi connectivity index (χ2v) is 6.36. The van der Waals surface area contributed by atoms with Crippen molar-refractivity contribution in [2.45, 2.75) is 4.34 Å². The van der Waals surface area contributed by atoms with Crippen LogP contribution in [-0.2, 0) is 4.79 Å². The SMILES string of the molecule is Nc1nnc(SCC(=O)Nc2cccc(Cl)c2Cl)s1. The van der Waals surface area contributed by atoms with Crippen LogP contribution in [-0.4, -0.2) is 21.9 Å². The van der Waals surface area contributed by atoms with E-state index >= 15 is 0 Å². The van der Waals surface area contributed by atoms with Gasteiger partial charge in [0.15, 0.2) is 4.34 Å². The summed E-state index contributed by atoms with van der Waals surface area (Å²) in [4.78, 5) is 11.7. The van der Waals surface area contributed by atoms with Crippen LogP contribution in [0.25, 0.3) is 0 Å². The van der Waals surface area contributed by atoms with Gasteiger partial charge in [0.05, 0.1) is 21.5 Å². The number of carbonyl (C=O) groups is 1. The number of carbonyl (C=O) groups excluding carboxylic acids is 1. The van der Waals surface area contributed by atoms with E-state index in [2.05, 4.69) is 15.5 Å². The van der Waals surface area contributed by atoms with Crippen LogP contribution in [0.5, 0.6) is 0 Å². The fourth-order valence-corrected chi connectivity index (χ4v) is 2.98. The average Bonchev–Trinajstić information content (AvgIpc) is 2.78. The lowest BCUT2D eigenvalue weighted by Crippen LogP contribution is -2.14. The molecule has 0 aliphatic carbocycles. The van der Waals surface area contributed by atoms with Gasteiger partial charge >= 0.3 is 0 Å². The maximum absolute atomic E-state index is 11.7. The molecule has 0 radical (unpaired) electrons. The molecule has 0 aliphatic heterocycles. The van der Waals surface area contributed by atoms with Gasteiger partial charge < -0.3 is 11.1 Å². The number of nitrogens with one attached hydrogen (secondary N) is 1. The Morgan fingerprint density at radius 2 is 2.21 bits per heavy atom. The zero-order valence-electron chi connectivity index (χ0n) is 9.39. The summed E-state index contributed by atoms with van der Waals surface area (Å²) in [5.41, 5.74) is 5.93. The van der Waals surface area contributed by atoms with Crippen LogP contribution in [0.2, 0.25) is 10.0 Å². The molecule has 2 rings (SSSR count). The first-order valence-corrected chi connectivity index (χ1v) is 7.57. The normalized spacial score (nSPS) is 10.4. The number of benzene rings is 1. The van der Waals surface area contributed by atoms with Gasteiger partial charge in [0.2, 0.25) is 11.0 Å². The Hall–Kier alpha value is -1.02. The van der Waals surface area contributed by atoms with Crippen molar-refractivity contribution in [2.75, 3.05) is 16.8 Å². The molecule has 1 amide bonds. The highest BCUT2D eigenvalue weighted by Gasteiger charge is 2.10. The predicted molar refractivity (Wildman–Crippen MR) is 80.1 cm³/mol. The molecule has 9 heteroatoms. The molecule has 0 saturated carbocycles. The molecular formula is C10H8Cl2N4OS2. The van der Waals surface area contributed by atoms with Crippen LogP contribution in [0.15, 0.2) is 22.5 Å². The van der Waals surface area contributed by atoms with Gasteiger partial charge in [-0.1, -0.05) is 52.4 Å². The fraction of sp³-hybridized carbons (Fsp3) is 0.100. The maximum atomic E-state index is 11.7. The molecule has 1 aromatic carbocycles. The van der Waals surface area contributed by atoms with Gasteiger partial charge in [-0.2, -0.15) is 0 Å². The number of amides is 1. The average molecular weight is 335 g/mol. The van der Waals surface area contributed by atoms with E-state index in [1.165, 1.54) is 23.1 Å². The Bertz CT molecular complexity index is 605. The number of aromatic nitrogens is 2. The molecule has 19 heavy (non-hydrogen) atoms. The smallest absolute Gasteiger partial charge is 0.234 e. The number of rotatable bonds is 4. The molecule has 0 bridgehead atoms. The summed E-state index contributed by atoms with van der Waals surface area (Å²) < 4.78 is 0.643. The molecule has 1 heterocycles. The van der Waals surface area contributed by atoms with Crippen LogP contribution < -0.4 is 11.1 Å². The highest BCUT2D eigenvalue weighted by Crippen LogP contribution is 2.30. The fourth-order valence-electron chi connectivity index (χ4n) is 1.19. The van der Waals surface area contributed by atoms with Gasteiger partial charge in [0.25, 0.3) is 0 Å². The van der Waals surface area contributed by atoms with Crippen molar-refractivity contribution in [1.82, 2.24) is 10.2 Å². The number of nitrogen functional groups attached to an aromatic ring is 1. The van der Waals surface area contributed by atoms with E-state index in [1.54, 1.807) is 18.2 Å². The van der Waals surface area contributed by atoms with E-state index in [9.17, 15) is 4.79 Å². The first-order valence-electron chi connectivity index (χ1n) is 5.02. The highest BCUT2D eigenvalue weighted by atomic mass is 35.5. The van der Waals surface area contributed by atoms with Crippen molar-refractivity contribution in [2.24, 2.45) is 0 Å². The summed E-state index contributed by atoms with van der Waals surface area (Å²) in [6.07, 6.45) is 0. The summed E-state index contributed by atoms with van der Waals surface area (Å²) in [7, 11) is 0. The molecule has 0 atom stereocenters. The first-order chi connectivity index (χ1) is 9.06. The molecule has 2 aromatic rings. The Labute approximate surface area is 127 Å². The summed E-state index contributed by atoms with van der Waals surface area (Å²) in [6, 6.07) is 5.04. The number of nitrogens with zero attached hydrogens (tertiary/aromatic N) is 2. The summed E-state index contributed by atoms with van der Waals surface area (Å²) >= 11 is 14.3. The number of halogens is 2. The second-order valence-electron chi connectivity index (χ2n) is 3.34. The van der Waals surface area contributed by atoms with E-state index < -0.39 is 0 Å². The molecule has 3 N–H and O–H groups in total. The van der Waals surface area contributed by atoms with Crippen LogP contribution in [0, 0.1) is 0 Å². The van der Waals surface area contributed by atoms with Crippen LogP contribution in [0.3, 0.4) is 0 Å². The van der Waals surface area contributed by atoms with Crippen molar-refractivity contribution in [3.63, 3.8) is 0 Å². The third-order valence-electron chi connectivity index (χ3n) is 1.97. The van der Waals surface area contributed by atoms with Crippen molar-refractivity contribution in [3.05, 3.63) is 28.2 Å². The Kier molecular flexibility index (Phi) is 4.87. The molecule has 100 valence electrons. The first kappa shape index (κ1) is 14.4. The number of anilines is 2. The van der Waals surface area contributed by atoms with Gasteiger partial charge in [-0.05, 0) is 12.1 Å². The topological polar surface area (TPSA) is 80.9 Å². The van der Waals surface area contributed by atoms with Gasteiger partial charge in [-0.15, -0.1) is 10.2 Å². The van der Waals surface area contributed by atoms with Crippen LogP contribution >= 0.6 is 46.3 Å². The lowest BCUT2D eigenvalue weighted by molar-refractivity contribution is -0.113. The summed E-state index contributed by atoms with van der Waals surface area (Å²) in [5, 5.41) is 11.2. The largest absolute Gasteiger partial charge is 0.374 e. The number of thioether (sulfide) groups is 1. The number of hydrogen-bond acceptors (Lipinski definition) is 6. The van der Waals surface area contributed by atoms with Gasteiger partial charge in [0.1, 0.15) is 0 Å². The summed E-state index contributed by atoms with van der Waals surface area (Å²) in [6.45, 7) is 0. The third kappa shape index (κ3) is 3.97. The van der Waals surface area contributed by atoms with Gasteiger partial charge in [0, 0.05) is 0 Å². The van der Waals surface area contributed by atoms with E-state index in [1.807, 2.05) is 0 Å². The molecule has 0 unspecified atom stereocenters. The number of nitrogens with two attached hydrogens (primary N) is 1. The lowest BCUT2D eigenvalue weighted by atomic mass is 10.3.